The van der Waals surface area contributed by atoms with E-state index in [2.05, 4.69) is 0 Å². The third-order valence-electron chi connectivity index (χ3n) is 3.56. The number of amides is 1. The minimum Gasteiger partial charge on any atom is -0.466 e. The topological polar surface area (TPSA) is 51.9 Å². The third-order valence-corrected chi connectivity index (χ3v) is 4.78. The fourth-order valence-electron chi connectivity index (χ4n) is 2.54. The van der Waals surface area contributed by atoms with Crippen molar-refractivity contribution in [1.29, 1.82) is 0 Å². The van der Waals surface area contributed by atoms with Gasteiger partial charge in [0.05, 0.1) is 6.26 Å². The zero-order valence-electron chi connectivity index (χ0n) is 11.2. The van der Waals surface area contributed by atoms with Crippen LogP contribution < -0.4 is 9.47 Å². The molecular weight excluding hydrogens is 290 g/mol. The molecule has 6 heteroatoms. The van der Waals surface area contributed by atoms with Crippen LogP contribution in [0.5, 0.6) is 11.5 Å². The Morgan fingerprint density at radius 2 is 2.14 bits per heavy atom. The van der Waals surface area contributed by atoms with Gasteiger partial charge in [-0.1, -0.05) is 0 Å². The molecule has 108 valence electrons. The number of fused-ring (bicyclic) bond motifs is 1. The highest BCUT2D eigenvalue weighted by Gasteiger charge is 2.33. The molecule has 1 saturated heterocycles. The molecule has 2 aromatic rings. The highest BCUT2D eigenvalue weighted by molar-refractivity contribution is 7.99. The van der Waals surface area contributed by atoms with Crippen molar-refractivity contribution in [2.75, 3.05) is 19.1 Å². The Kier molecular flexibility index (Phi) is 3.03. The molecule has 1 atom stereocenters. The van der Waals surface area contributed by atoms with E-state index in [9.17, 15) is 4.79 Å². The van der Waals surface area contributed by atoms with E-state index < -0.39 is 0 Å². The highest BCUT2D eigenvalue weighted by Crippen LogP contribution is 2.40. The van der Waals surface area contributed by atoms with Gasteiger partial charge < -0.3 is 18.8 Å². The molecule has 0 radical (unpaired) electrons. The van der Waals surface area contributed by atoms with Gasteiger partial charge in [0.25, 0.3) is 5.91 Å². The first-order valence-electron chi connectivity index (χ1n) is 6.68. The van der Waals surface area contributed by atoms with E-state index >= 15 is 0 Å². The van der Waals surface area contributed by atoms with E-state index in [0.717, 1.165) is 11.5 Å². The van der Waals surface area contributed by atoms with Gasteiger partial charge >= 0.3 is 0 Å². The Morgan fingerprint density at radius 1 is 1.24 bits per heavy atom. The van der Waals surface area contributed by atoms with Gasteiger partial charge in [0.1, 0.15) is 11.1 Å². The summed E-state index contributed by atoms with van der Waals surface area (Å²) >= 11 is 1.71. The molecule has 1 amide bonds. The normalized spacial score (nSPS) is 20.0. The summed E-state index contributed by atoms with van der Waals surface area (Å²) in [6, 6.07) is 9.05. The predicted molar refractivity (Wildman–Crippen MR) is 77.5 cm³/mol. The van der Waals surface area contributed by atoms with Crippen molar-refractivity contribution in [2.24, 2.45) is 0 Å². The van der Waals surface area contributed by atoms with E-state index in [1.807, 2.05) is 17.0 Å². The summed E-state index contributed by atoms with van der Waals surface area (Å²) in [6.07, 6.45) is 1.64. The van der Waals surface area contributed by atoms with Gasteiger partial charge in [0, 0.05) is 17.9 Å². The second-order valence-corrected chi connectivity index (χ2v) is 5.99. The smallest absolute Gasteiger partial charge is 0.255 e. The van der Waals surface area contributed by atoms with E-state index in [4.69, 9.17) is 13.9 Å². The minimum absolute atomic E-state index is 0.0142. The molecule has 1 aromatic carbocycles. The second-order valence-electron chi connectivity index (χ2n) is 4.81. The van der Waals surface area contributed by atoms with Crippen LogP contribution in [0, 0.1) is 0 Å². The van der Waals surface area contributed by atoms with Crippen molar-refractivity contribution in [3.05, 3.63) is 47.9 Å². The summed E-state index contributed by atoms with van der Waals surface area (Å²) in [5, 5.41) is -0.0575. The Morgan fingerprint density at radius 3 is 3.00 bits per heavy atom. The largest absolute Gasteiger partial charge is 0.466 e. The molecule has 5 nitrogen and oxygen atoms in total. The van der Waals surface area contributed by atoms with Gasteiger partial charge in [-0.25, -0.2) is 0 Å². The van der Waals surface area contributed by atoms with E-state index in [1.165, 1.54) is 0 Å². The highest BCUT2D eigenvalue weighted by atomic mass is 32.2. The lowest BCUT2D eigenvalue weighted by atomic mass is 10.1. The summed E-state index contributed by atoms with van der Waals surface area (Å²) in [7, 11) is 0. The maximum atomic E-state index is 12.7. The van der Waals surface area contributed by atoms with E-state index in [1.54, 1.807) is 36.2 Å². The van der Waals surface area contributed by atoms with Crippen LogP contribution in [-0.4, -0.2) is 29.9 Å². The van der Waals surface area contributed by atoms with Crippen molar-refractivity contribution in [3.8, 4) is 11.5 Å². The van der Waals surface area contributed by atoms with E-state index in [0.29, 0.717) is 23.6 Å². The van der Waals surface area contributed by atoms with Crippen LogP contribution in [0.1, 0.15) is 21.5 Å². The SMILES string of the molecule is O=C(c1ccc2c(c1)OCO2)N1CCS[C@@H]1c1ccco1. The Hall–Kier alpha value is -2.08. The van der Waals surface area contributed by atoms with Gasteiger partial charge in [-0.15, -0.1) is 11.8 Å². The quantitative estimate of drug-likeness (QED) is 0.854. The van der Waals surface area contributed by atoms with Crippen LogP contribution in [0.4, 0.5) is 0 Å². The minimum atomic E-state index is -0.0575. The van der Waals surface area contributed by atoms with Gasteiger partial charge in [0.2, 0.25) is 6.79 Å². The molecular formula is C15H13NO4S. The van der Waals surface area contributed by atoms with Crippen LogP contribution in [0.15, 0.2) is 41.0 Å². The van der Waals surface area contributed by atoms with Gasteiger partial charge in [-0.05, 0) is 30.3 Å². The number of hydrogen-bond acceptors (Lipinski definition) is 5. The predicted octanol–water partition coefficient (Wildman–Crippen LogP) is 2.90. The van der Waals surface area contributed by atoms with Crippen molar-refractivity contribution in [3.63, 3.8) is 0 Å². The van der Waals surface area contributed by atoms with Crippen LogP contribution >= 0.6 is 11.8 Å². The summed E-state index contributed by atoms with van der Waals surface area (Å²) in [6.45, 7) is 0.922. The number of thioether (sulfide) groups is 1. The number of furan rings is 1. The first-order chi connectivity index (χ1) is 10.3. The Bertz CT molecular complexity index is 670. The molecule has 4 rings (SSSR count). The third kappa shape index (κ3) is 2.15. The second kappa shape index (κ2) is 5.04. The molecule has 0 aliphatic carbocycles. The summed E-state index contributed by atoms with van der Waals surface area (Å²) in [5.41, 5.74) is 0.610. The molecule has 2 aliphatic heterocycles. The van der Waals surface area contributed by atoms with Gasteiger partial charge in [-0.2, -0.15) is 0 Å². The average molecular weight is 303 g/mol. The first kappa shape index (κ1) is 12.6. The Balaban J connectivity index is 1.62. The van der Waals surface area contributed by atoms with Crippen molar-refractivity contribution < 1.29 is 18.7 Å². The number of benzene rings is 1. The molecule has 21 heavy (non-hydrogen) atoms. The number of carbonyl (C=O) groups excluding carboxylic acids is 1. The van der Waals surface area contributed by atoms with Crippen molar-refractivity contribution in [1.82, 2.24) is 4.90 Å². The van der Waals surface area contributed by atoms with Crippen molar-refractivity contribution in [2.45, 2.75) is 5.37 Å². The number of rotatable bonds is 2. The lowest BCUT2D eigenvalue weighted by molar-refractivity contribution is 0.0749. The molecule has 0 N–H and O–H groups in total. The van der Waals surface area contributed by atoms with Crippen LogP contribution in [-0.2, 0) is 0 Å². The lowest BCUT2D eigenvalue weighted by Crippen LogP contribution is -2.30. The maximum Gasteiger partial charge on any atom is 0.255 e. The monoisotopic (exact) mass is 303 g/mol. The van der Waals surface area contributed by atoms with Crippen LogP contribution in [0.3, 0.4) is 0 Å². The molecule has 0 bridgehead atoms. The summed E-state index contributed by atoms with van der Waals surface area (Å²) in [4.78, 5) is 14.6. The molecule has 1 aromatic heterocycles. The Labute approximate surface area is 125 Å². The van der Waals surface area contributed by atoms with Gasteiger partial charge in [-0.3, -0.25) is 4.79 Å². The van der Waals surface area contributed by atoms with Crippen molar-refractivity contribution >= 4 is 17.7 Å². The molecule has 0 saturated carbocycles. The molecule has 3 heterocycles. The number of nitrogens with zero attached hydrogens (tertiary/aromatic N) is 1. The maximum absolute atomic E-state index is 12.7. The summed E-state index contributed by atoms with van der Waals surface area (Å²) in [5.74, 6) is 3.01. The lowest BCUT2D eigenvalue weighted by Gasteiger charge is -2.22. The molecule has 2 aliphatic rings. The van der Waals surface area contributed by atoms with Crippen LogP contribution in [0.25, 0.3) is 0 Å². The zero-order chi connectivity index (χ0) is 14.2. The number of ether oxygens (including phenoxy) is 2. The zero-order valence-corrected chi connectivity index (χ0v) is 12.0. The molecule has 1 fully saturated rings. The van der Waals surface area contributed by atoms with E-state index in [-0.39, 0.29) is 18.1 Å². The van der Waals surface area contributed by atoms with Crippen LogP contribution in [0.2, 0.25) is 0 Å². The average Bonchev–Trinajstić information content (AvgIpc) is 3.24. The fraction of sp³-hybridized carbons (Fsp3) is 0.267. The van der Waals surface area contributed by atoms with Gasteiger partial charge in [0.15, 0.2) is 11.5 Å². The molecule has 0 spiro atoms. The molecule has 0 unspecified atom stereocenters. The number of hydrogen-bond donors (Lipinski definition) is 0. The number of carbonyl (C=O) groups is 1. The summed E-state index contributed by atoms with van der Waals surface area (Å²) < 4.78 is 16.1. The first-order valence-corrected chi connectivity index (χ1v) is 7.73. The fourth-order valence-corrected chi connectivity index (χ4v) is 3.75. The standard InChI is InChI=1S/C15H13NO4S/c17-14(10-3-4-11-13(8-10)20-9-19-11)16-5-7-21-15(16)12-2-1-6-18-12/h1-4,6,8,15H,5,7,9H2/t15-/m1/s1.